The number of aromatic nitrogens is 3. The Balaban J connectivity index is 1.55. The van der Waals surface area contributed by atoms with Gasteiger partial charge in [0.2, 0.25) is 5.88 Å². The lowest BCUT2D eigenvalue weighted by atomic mass is 10.3. The van der Waals surface area contributed by atoms with Crippen LogP contribution in [0.3, 0.4) is 0 Å². The van der Waals surface area contributed by atoms with E-state index in [9.17, 15) is 4.39 Å². The van der Waals surface area contributed by atoms with Gasteiger partial charge in [-0.2, -0.15) is 0 Å². The summed E-state index contributed by atoms with van der Waals surface area (Å²) in [4.78, 5) is 4.55. The number of nitrogens with zero attached hydrogens (tertiary/aromatic N) is 3. The van der Waals surface area contributed by atoms with Gasteiger partial charge < -0.3 is 15.4 Å². The van der Waals surface area contributed by atoms with Crippen molar-refractivity contribution in [1.82, 2.24) is 19.9 Å². The summed E-state index contributed by atoms with van der Waals surface area (Å²) in [6, 6.07) is 8.24. The standard InChI is InChI=1S/C19H20FN5O/c20-13-2-1-3-14(8-13)23-16-9-18(26-15-6-7-21-10-15)24-25-17(12-4-5-12)11-22-19(16)25/h1-3,8-9,11-12,15,21,23H,4-7,10H2. The first-order valence-corrected chi connectivity index (χ1v) is 9.05. The van der Waals surface area contributed by atoms with Crippen molar-refractivity contribution in [1.29, 1.82) is 0 Å². The van der Waals surface area contributed by atoms with Crippen molar-refractivity contribution in [3.8, 4) is 5.88 Å². The third-order valence-corrected chi connectivity index (χ3v) is 4.87. The molecule has 2 N–H and O–H groups in total. The quantitative estimate of drug-likeness (QED) is 0.737. The smallest absolute Gasteiger partial charge is 0.234 e. The molecular weight excluding hydrogens is 333 g/mol. The van der Waals surface area contributed by atoms with E-state index in [-0.39, 0.29) is 11.9 Å². The van der Waals surface area contributed by atoms with Gasteiger partial charge in [-0.15, -0.1) is 5.10 Å². The molecule has 3 aromatic rings. The molecule has 26 heavy (non-hydrogen) atoms. The Hall–Kier alpha value is -2.67. The van der Waals surface area contributed by atoms with Gasteiger partial charge in [0.1, 0.15) is 11.9 Å². The normalized spacial score (nSPS) is 19.8. The van der Waals surface area contributed by atoms with Crippen LogP contribution in [0, 0.1) is 5.82 Å². The van der Waals surface area contributed by atoms with E-state index in [0.717, 1.165) is 36.5 Å². The second kappa shape index (κ2) is 6.25. The highest BCUT2D eigenvalue weighted by Crippen LogP contribution is 2.41. The van der Waals surface area contributed by atoms with Crippen LogP contribution >= 0.6 is 0 Å². The van der Waals surface area contributed by atoms with Gasteiger partial charge >= 0.3 is 0 Å². The minimum atomic E-state index is -0.282. The Morgan fingerprint density at radius 1 is 1.23 bits per heavy atom. The maximum atomic E-state index is 13.5. The number of rotatable bonds is 5. The monoisotopic (exact) mass is 353 g/mol. The van der Waals surface area contributed by atoms with Crippen LogP contribution < -0.4 is 15.4 Å². The summed E-state index contributed by atoms with van der Waals surface area (Å²) in [6.07, 6.45) is 5.30. The molecular formula is C19H20FN5O. The predicted octanol–water partition coefficient (Wildman–Crippen LogP) is 3.23. The Bertz CT molecular complexity index is 946. The Morgan fingerprint density at radius 2 is 2.15 bits per heavy atom. The fraction of sp³-hybridized carbons (Fsp3) is 0.368. The van der Waals surface area contributed by atoms with Crippen molar-refractivity contribution in [2.75, 3.05) is 18.4 Å². The minimum Gasteiger partial charge on any atom is -0.472 e. The van der Waals surface area contributed by atoms with E-state index in [1.54, 1.807) is 6.07 Å². The summed E-state index contributed by atoms with van der Waals surface area (Å²) in [7, 11) is 0. The molecule has 7 heteroatoms. The molecule has 134 valence electrons. The van der Waals surface area contributed by atoms with Crippen LogP contribution in [0.15, 0.2) is 36.5 Å². The van der Waals surface area contributed by atoms with E-state index in [1.807, 2.05) is 22.8 Å². The van der Waals surface area contributed by atoms with E-state index in [2.05, 4.69) is 20.7 Å². The highest BCUT2D eigenvalue weighted by atomic mass is 19.1. The van der Waals surface area contributed by atoms with Crippen molar-refractivity contribution < 1.29 is 9.13 Å². The number of hydrogen-bond acceptors (Lipinski definition) is 5. The number of hydrogen-bond donors (Lipinski definition) is 2. The van der Waals surface area contributed by atoms with Crippen LogP contribution in [0.5, 0.6) is 5.88 Å². The number of nitrogens with one attached hydrogen (secondary N) is 2. The average Bonchev–Trinajstić information content (AvgIpc) is 3.16. The van der Waals surface area contributed by atoms with Crippen molar-refractivity contribution in [3.05, 3.63) is 48.0 Å². The van der Waals surface area contributed by atoms with E-state index in [1.165, 1.54) is 25.0 Å². The number of benzene rings is 1. The van der Waals surface area contributed by atoms with Gasteiger partial charge in [0, 0.05) is 24.2 Å². The molecule has 2 aliphatic rings. The van der Waals surface area contributed by atoms with Crippen LogP contribution in [-0.4, -0.2) is 33.8 Å². The molecule has 3 heterocycles. The molecule has 6 nitrogen and oxygen atoms in total. The van der Waals surface area contributed by atoms with Gasteiger partial charge in [-0.05, 0) is 44.0 Å². The number of ether oxygens (including phenoxy) is 1. The zero-order valence-corrected chi connectivity index (χ0v) is 14.3. The molecule has 2 aromatic heterocycles. The van der Waals surface area contributed by atoms with Crippen molar-refractivity contribution in [2.24, 2.45) is 0 Å². The molecule has 1 unspecified atom stereocenters. The number of halogens is 1. The predicted molar refractivity (Wildman–Crippen MR) is 96.5 cm³/mol. The average molecular weight is 353 g/mol. The topological polar surface area (TPSA) is 63.5 Å². The van der Waals surface area contributed by atoms with Crippen molar-refractivity contribution in [2.45, 2.75) is 31.3 Å². The molecule has 1 saturated carbocycles. The number of fused-ring (bicyclic) bond motifs is 1. The molecule has 0 bridgehead atoms. The summed E-state index contributed by atoms with van der Waals surface area (Å²) in [6.45, 7) is 1.78. The SMILES string of the molecule is Fc1cccc(Nc2cc(OC3CCNC3)nn3c(C4CC4)cnc23)c1. The van der Waals surface area contributed by atoms with E-state index in [4.69, 9.17) is 4.74 Å². The fourth-order valence-corrected chi connectivity index (χ4v) is 3.39. The minimum absolute atomic E-state index is 0.120. The largest absolute Gasteiger partial charge is 0.472 e. The molecule has 1 atom stereocenters. The van der Waals surface area contributed by atoms with E-state index in [0.29, 0.717) is 17.5 Å². The first kappa shape index (κ1) is 15.6. The third-order valence-electron chi connectivity index (χ3n) is 4.87. The van der Waals surface area contributed by atoms with Crippen LogP contribution in [0.25, 0.3) is 5.65 Å². The highest BCUT2D eigenvalue weighted by molar-refractivity contribution is 5.74. The molecule has 1 aliphatic carbocycles. The van der Waals surface area contributed by atoms with Crippen LogP contribution in [0.4, 0.5) is 15.8 Å². The van der Waals surface area contributed by atoms with Crippen LogP contribution in [0.2, 0.25) is 0 Å². The molecule has 1 aliphatic heterocycles. The second-order valence-electron chi connectivity index (χ2n) is 6.96. The summed E-state index contributed by atoms with van der Waals surface area (Å²) >= 11 is 0. The highest BCUT2D eigenvalue weighted by Gasteiger charge is 2.28. The molecule has 0 spiro atoms. The lowest BCUT2D eigenvalue weighted by Gasteiger charge is -2.14. The first-order chi connectivity index (χ1) is 12.8. The molecule has 1 saturated heterocycles. The number of imidazole rings is 1. The maximum absolute atomic E-state index is 13.5. The fourth-order valence-electron chi connectivity index (χ4n) is 3.39. The summed E-state index contributed by atoms with van der Waals surface area (Å²) in [5, 5.41) is 11.2. The maximum Gasteiger partial charge on any atom is 0.234 e. The van der Waals surface area contributed by atoms with Crippen molar-refractivity contribution >= 4 is 17.0 Å². The van der Waals surface area contributed by atoms with E-state index >= 15 is 0 Å². The van der Waals surface area contributed by atoms with Crippen LogP contribution in [-0.2, 0) is 0 Å². The summed E-state index contributed by atoms with van der Waals surface area (Å²) < 4.78 is 21.5. The lowest BCUT2D eigenvalue weighted by Crippen LogP contribution is -2.20. The van der Waals surface area contributed by atoms with E-state index < -0.39 is 0 Å². The molecule has 0 radical (unpaired) electrons. The Morgan fingerprint density at radius 3 is 2.92 bits per heavy atom. The lowest BCUT2D eigenvalue weighted by molar-refractivity contribution is 0.211. The Kier molecular flexibility index (Phi) is 3.74. The summed E-state index contributed by atoms with van der Waals surface area (Å²) in [5.74, 6) is 0.795. The van der Waals surface area contributed by atoms with Gasteiger partial charge in [-0.1, -0.05) is 6.07 Å². The second-order valence-corrected chi connectivity index (χ2v) is 6.96. The number of anilines is 2. The van der Waals surface area contributed by atoms with Gasteiger partial charge in [0.15, 0.2) is 5.65 Å². The van der Waals surface area contributed by atoms with Gasteiger partial charge in [-0.3, -0.25) is 0 Å². The molecule has 1 aromatic carbocycles. The molecule has 5 rings (SSSR count). The van der Waals surface area contributed by atoms with Crippen LogP contribution in [0.1, 0.15) is 30.9 Å². The summed E-state index contributed by atoms with van der Waals surface area (Å²) in [5.41, 5.74) is 3.27. The van der Waals surface area contributed by atoms with Gasteiger partial charge in [0.05, 0.1) is 17.6 Å². The zero-order chi connectivity index (χ0) is 17.5. The molecule has 0 amide bonds. The van der Waals surface area contributed by atoms with Crippen molar-refractivity contribution in [3.63, 3.8) is 0 Å². The van der Waals surface area contributed by atoms with Gasteiger partial charge in [0.25, 0.3) is 0 Å². The first-order valence-electron chi connectivity index (χ1n) is 9.05. The Labute approximate surface area is 150 Å². The molecule has 2 fully saturated rings. The third kappa shape index (κ3) is 2.99. The zero-order valence-electron chi connectivity index (χ0n) is 14.3. The van der Waals surface area contributed by atoms with Gasteiger partial charge in [-0.25, -0.2) is 13.9 Å².